The maximum absolute atomic E-state index is 12.9. The van der Waals surface area contributed by atoms with E-state index >= 15 is 0 Å². The van der Waals surface area contributed by atoms with E-state index in [1.165, 1.54) is 0 Å². The van der Waals surface area contributed by atoms with Gasteiger partial charge in [-0.2, -0.15) is 0 Å². The van der Waals surface area contributed by atoms with Crippen molar-refractivity contribution in [1.82, 2.24) is 10.2 Å². The second-order valence-corrected chi connectivity index (χ2v) is 9.03. The molecule has 0 bridgehead atoms. The normalized spacial score (nSPS) is 11.7. The molecule has 34 heavy (non-hydrogen) atoms. The largest absolute Gasteiger partial charge is 0.353 e. The summed E-state index contributed by atoms with van der Waals surface area (Å²) in [6.07, 6.45) is 1.83. The third-order valence-electron chi connectivity index (χ3n) is 5.72. The predicted molar refractivity (Wildman–Crippen MR) is 138 cm³/mol. The molecule has 0 saturated carbocycles. The molecule has 0 fully saturated rings. The molecular weight excluding hydrogens is 428 g/mol. The topological polar surface area (TPSA) is 90.5 Å². The highest BCUT2D eigenvalue weighted by Gasteiger charge is 2.20. The Morgan fingerprint density at radius 3 is 1.50 bits per heavy atom. The Morgan fingerprint density at radius 2 is 1.12 bits per heavy atom. The predicted octanol–water partition coefficient (Wildman–Crippen LogP) is 4.10. The van der Waals surface area contributed by atoms with Crippen LogP contribution >= 0.6 is 0 Å². The monoisotopic (exact) mass is 466 g/mol. The molecule has 3 amide bonds. The van der Waals surface area contributed by atoms with Crippen LogP contribution in [0.15, 0.2) is 36.4 Å². The van der Waals surface area contributed by atoms with Crippen molar-refractivity contribution in [3.05, 3.63) is 58.7 Å². The summed E-state index contributed by atoms with van der Waals surface area (Å²) in [5, 5.41) is 8.83. The summed E-state index contributed by atoms with van der Waals surface area (Å²) in [6.45, 7) is 11.5. The third kappa shape index (κ3) is 8.30. The summed E-state index contributed by atoms with van der Waals surface area (Å²) in [6, 6.07) is 11.6. The van der Waals surface area contributed by atoms with Crippen LogP contribution in [0.2, 0.25) is 0 Å². The van der Waals surface area contributed by atoms with Gasteiger partial charge in [0.1, 0.15) is 0 Å². The smallest absolute Gasteiger partial charge is 0.238 e. The molecule has 7 heteroatoms. The number of aryl methyl sites for hydroxylation is 4. The fraction of sp³-hybridized carbons (Fsp3) is 0.444. The number of anilines is 2. The van der Waals surface area contributed by atoms with Crippen molar-refractivity contribution in [1.29, 1.82) is 0 Å². The van der Waals surface area contributed by atoms with Gasteiger partial charge in [0.2, 0.25) is 17.7 Å². The average molecular weight is 467 g/mol. The lowest BCUT2D eigenvalue weighted by molar-refractivity contribution is -0.125. The van der Waals surface area contributed by atoms with E-state index in [0.29, 0.717) is 0 Å². The van der Waals surface area contributed by atoms with Gasteiger partial charge >= 0.3 is 0 Å². The maximum atomic E-state index is 12.9. The van der Waals surface area contributed by atoms with Gasteiger partial charge in [-0.05, 0) is 63.3 Å². The molecule has 0 saturated heterocycles. The van der Waals surface area contributed by atoms with Crippen LogP contribution in [0.3, 0.4) is 0 Å². The van der Waals surface area contributed by atoms with Crippen LogP contribution in [0.25, 0.3) is 0 Å². The number of carbonyl (C=O) groups excluding carboxylic acids is 3. The first kappa shape index (κ1) is 27.1. The van der Waals surface area contributed by atoms with Crippen molar-refractivity contribution in [2.24, 2.45) is 0 Å². The second-order valence-electron chi connectivity index (χ2n) is 9.03. The van der Waals surface area contributed by atoms with Crippen molar-refractivity contribution >= 4 is 29.1 Å². The van der Waals surface area contributed by atoms with E-state index in [-0.39, 0.29) is 43.4 Å². The Morgan fingerprint density at radius 1 is 0.735 bits per heavy atom. The van der Waals surface area contributed by atoms with Crippen molar-refractivity contribution in [3.63, 3.8) is 0 Å². The molecule has 3 N–H and O–H groups in total. The van der Waals surface area contributed by atoms with E-state index in [4.69, 9.17) is 0 Å². The van der Waals surface area contributed by atoms with Crippen molar-refractivity contribution in [2.75, 3.05) is 30.3 Å². The van der Waals surface area contributed by atoms with Crippen LogP contribution in [-0.2, 0) is 14.4 Å². The molecule has 0 aromatic heterocycles. The molecule has 2 aromatic rings. The Balaban J connectivity index is 2.12. The SMILES string of the molecule is CCCC(C)NC(=O)CN(CC(=O)Nc1c(C)cccc1C)CC(=O)Nc1c(C)cccc1C. The molecule has 0 aliphatic carbocycles. The number of nitrogens with one attached hydrogen (secondary N) is 3. The van der Waals surface area contributed by atoms with Crippen LogP contribution in [0, 0.1) is 27.7 Å². The third-order valence-corrected chi connectivity index (χ3v) is 5.72. The number of nitrogens with zero attached hydrogens (tertiary/aromatic N) is 1. The summed E-state index contributed by atoms with van der Waals surface area (Å²) in [5.74, 6) is -0.751. The van der Waals surface area contributed by atoms with Crippen molar-refractivity contribution in [3.8, 4) is 0 Å². The molecular formula is C27H38N4O3. The van der Waals surface area contributed by atoms with Crippen LogP contribution in [-0.4, -0.2) is 48.3 Å². The van der Waals surface area contributed by atoms with E-state index in [2.05, 4.69) is 22.9 Å². The lowest BCUT2D eigenvalue weighted by Gasteiger charge is -2.23. The molecule has 7 nitrogen and oxygen atoms in total. The second kappa shape index (κ2) is 12.9. The van der Waals surface area contributed by atoms with Crippen LogP contribution in [0.1, 0.15) is 48.9 Å². The van der Waals surface area contributed by atoms with E-state index in [9.17, 15) is 14.4 Å². The van der Waals surface area contributed by atoms with Gasteiger partial charge in [0.15, 0.2) is 0 Å². The van der Waals surface area contributed by atoms with Crippen LogP contribution in [0.5, 0.6) is 0 Å². The molecule has 0 spiro atoms. The maximum Gasteiger partial charge on any atom is 0.238 e. The van der Waals surface area contributed by atoms with Gasteiger partial charge < -0.3 is 16.0 Å². The van der Waals surface area contributed by atoms with Gasteiger partial charge in [0.25, 0.3) is 0 Å². The zero-order valence-electron chi connectivity index (χ0n) is 21.2. The zero-order chi connectivity index (χ0) is 25.3. The summed E-state index contributed by atoms with van der Waals surface area (Å²) < 4.78 is 0. The number of hydrogen-bond donors (Lipinski definition) is 3. The summed E-state index contributed by atoms with van der Waals surface area (Å²) >= 11 is 0. The van der Waals surface area contributed by atoms with Crippen molar-refractivity contribution in [2.45, 2.75) is 60.4 Å². The minimum atomic E-state index is -0.272. The molecule has 2 aromatic carbocycles. The minimum Gasteiger partial charge on any atom is -0.353 e. The van der Waals surface area contributed by atoms with E-state index in [1.54, 1.807) is 4.90 Å². The zero-order valence-corrected chi connectivity index (χ0v) is 21.2. The minimum absolute atomic E-state index is 0.0336. The Hall–Kier alpha value is -3.19. The van der Waals surface area contributed by atoms with E-state index in [0.717, 1.165) is 46.5 Å². The highest BCUT2D eigenvalue weighted by atomic mass is 16.2. The first-order valence-electron chi connectivity index (χ1n) is 11.8. The molecule has 0 aliphatic heterocycles. The summed E-state index contributed by atoms with van der Waals surface area (Å²) in [4.78, 5) is 39.9. The summed E-state index contributed by atoms with van der Waals surface area (Å²) in [5.41, 5.74) is 5.34. The molecule has 2 rings (SSSR count). The highest BCUT2D eigenvalue weighted by molar-refractivity contribution is 5.96. The lowest BCUT2D eigenvalue weighted by atomic mass is 10.1. The molecule has 0 aliphatic rings. The molecule has 1 unspecified atom stereocenters. The van der Waals surface area contributed by atoms with Gasteiger partial charge in [-0.3, -0.25) is 19.3 Å². The number of benzene rings is 2. The first-order valence-corrected chi connectivity index (χ1v) is 11.8. The van der Waals surface area contributed by atoms with Gasteiger partial charge in [-0.25, -0.2) is 0 Å². The van der Waals surface area contributed by atoms with Crippen LogP contribution < -0.4 is 16.0 Å². The Bertz CT molecular complexity index is 911. The quantitative estimate of drug-likeness (QED) is 0.465. The lowest BCUT2D eigenvalue weighted by Crippen LogP contribution is -2.46. The standard InChI is InChI=1S/C27H38N4O3/c1-7-10-22(6)28-23(32)15-31(16-24(33)29-26-18(2)11-8-12-19(26)3)17-25(34)30-27-20(4)13-9-14-21(27)5/h8-9,11-14,22H,7,10,15-17H2,1-6H3,(H,28,32)(H,29,33)(H,30,34). The molecule has 0 heterocycles. The van der Waals surface area contributed by atoms with Crippen molar-refractivity contribution < 1.29 is 14.4 Å². The number of para-hydroxylation sites is 2. The van der Waals surface area contributed by atoms with Crippen LogP contribution in [0.4, 0.5) is 11.4 Å². The number of amides is 3. The van der Waals surface area contributed by atoms with Gasteiger partial charge in [-0.1, -0.05) is 49.7 Å². The fourth-order valence-corrected chi connectivity index (χ4v) is 3.98. The molecule has 1 atom stereocenters. The molecule has 0 radical (unpaired) electrons. The Labute approximate surface area is 203 Å². The highest BCUT2D eigenvalue weighted by Crippen LogP contribution is 2.20. The number of rotatable bonds is 11. The van der Waals surface area contributed by atoms with Gasteiger partial charge in [0.05, 0.1) is 19.6 Å². The fourth-order valence-electron chi connectivity index (χ4n) is 3.98. The summed E-state index contributed by atoms with van der Waals surface area (Å²) in [7, 11) is 0. The van der Waals surface area contributed by atoms with E-state index < -0.39 is 0 Å². The van der Waals surface area contributed by atoms with Gasteiger partial charge in [-0.15, -0.1) is 0 Å². The number of hydrogen-bond acceptors (Lipinski definition) is 4. The Kier molecular flexibility index (Phi) is 10.3. The van der Waals surface area contributed by atoms with E-state index in [1.807, 2.05) is 71.0 Å². The number of carbonyl (C=O) groups is 3. The average Bonchev–Trinajstić information content (AvgIpc) is 2.73. The molecule has 184 valence electrons. The van der Waals surface area contributed by atoms with Gasteiger partial charge in [0, 0.05) is 17.4 Å². The first-order chi connectivity index (χ1) is 16.1.